The zero-order valence-electron chi connectivity index (χ0n) is 18.9. The molecular weight excluding hydrogens is 444 g/mol. The van der Waals surface area contributed by atoms with Crippen molar-refractivity contribution in [3.05, 3.63) is 68.0 Å². The fourth-order valence-corrected chi connectivity index (χ4v) is 3.83. The average Bonchev–Trinajstić information content (AvgIpc) is 3.27. The molecule has 0 radical (unpaired) electrons. The number of halogens is 1. The van der Waals surface area contributed by atoms with Gasteiger partial charge in [0.05, 0.1) is 5.02 Å². The molecule has 0 unspecified atom stereocenters. The summed E-state index contributed by atoms with van der Waals surface area (Å²) in [5.74, 6) is -0.0546. The van der Waals surface area contributed by atoms with E-state index in [0.717, 1.165) is 19.3 Å². The van der Waals surface area contributed by atoms with Gasteiger partial charge in [-0.05, 0) is 37.1 Å². The van der Waals surface area contributed by atoms with Crippen LogP contribution in [0.1, 0.15) is 56.5 Å². The molecule has 0 spiro atoms. The Morgan fingerprint density at radius 2 is 1.82 bits per heavy atom. The third kappa shape index (κ3) is 5.39. The van der Waals surface area contributed by atoms with E-state index < -0.39 is 17.2 Å². The van der Waals surface area contributed by atoms with Crippen molar-refractivity contribution in [3.63, 3.8) is 0 Å². The molecule has 0 aliphatic heterocycles. The summed E-state index contributed by atoms with van der Waals surface area (Å²) in [5, 5.41) is 0.495. The number of aromatic amines is 1. The van der Waals surface area contributed by atoms with Crippen LogP contribution in [0.25, 0.3) is 11.3 Å². The standard InChI is InChI=1S/C24H29ClN4O4/c1-3-5-9-15-28(20-21(26)29(14-6-4-2)24(32)27-22(20)30)23(31)19-13-12-18(33-19)16-10-7-8-11-17(16)25/h7-8,10-13H,3-6,9,14-15,26H2,1-2H3,(H,27,30,32). The van der Waals surface area contributed by atoms with Gasteiger partial charge in [-0.25, -0.2) is 4.79 Å². The number of nitrogen functional groups attached to an aromatic ring is 1. The first kappa shape index (κ1) is 24.4. The molecular formula is C24H29ClN4O4. The number of nitrogens with two attached hydrogens (primary N) is 1. The minimum absolute atomic E-state index is 0.0278. The number of H-pyrrole nitrogens is 1. The first-order valence-corrected chi connectivity index (χ1v) is 11.6. The smallest absolute Gasteiger partial charge is 0.330 e. The van der Waals surface area contributed by atoms with E-state index in [9.17, 15) is 14.4 Å². The second-order valence-corrected chi connectivity index (χ2v) is 8.21. The van der Waals surface area contributed by atoms with E-state index in [0.29, 0.717) is 35.7 Å². The van der Waals surface area contributed by atoms with E-state index in [2.05, 4.69) is 4.98 Å². The van der Waals surface area contributed by atoms with Gasteiger partial charge >= 0.3 is 5.69 Å². The number of unbranched alkanes of at least 4 members (excludes halogenated alkanes) is 3. The van der Waals surface area contributed by atoms with Crippen LogP contribution in [-0.4, -0.2) is 22.0 Å². The zero-order valence-corrected chi connectivity index (χ0v) is 19.7. The molecule has 0 saturated heterocycles. The number of furan rings is 1. The van der Waals surface area contributed by atoms with E-state index in [4.69, 9.17) is 21.8 Å². The molecule has 2 aromatic heterocycles. The van der Waals surface area contributed by atoms with Crippen LogP contribution in [0.2, 0.25) is 5.02 Å². The number of carbonyl (C=O) groups is 1. The molecule has 0 atom stereocenters. The molecule has 176 valence electrons. The third-order valence-electron chi connectivity index (χ3n) is 5.41. The minimum atomic E-state index is -0.701. The topological polar surface area (TPSA) is 114 Å². The summed E-state index contributed by atoms with van der Waals surface area (Å²) in [7, 11) is 0. The van der Waals surface area contributed by atoms with Crippen molar-refractivity contribution in [2.45, 2.75) is 52.5 Å². The predicted molar refractivity (Wildman–Crippen MR) is 131 cm³/mol. The van der Waals surface area contributed by atoms with Gasteiger partial charge < -0.3 is 10.2 Å². The molecule has 0 saturated carbocycles. The molecule has 3 aromatic rings. The van der Waals surface area contributed by atoms with Gasteiger partial charge in [0.15, 0.2) is 11.4 Å². The molecule has 1 amide bonds. The molecule has 1 aromatic carbocycles. The van der Waals surface area contributed by atoms with E-state index in [1.165, 1.54) is 9.47 Å². The number of nitrogens with one attached hydrogen (secondary N) is 1. The second kappa shape index (κ2) is 11.0. The Labute approximate surface area is 197 Å². The quantitative estimate of drug-likeness (QED) is 0.416. The Morgan fingerprint density at radius 1 is 1.09 bits per heavy atom. The lowest BCUT2D eigenvalue weighted by molar-refractivity contribution is 0.0960. The summed E-state index contributed by atoms with van der Waals surface area (Å²) < 4.78 is 7.13. The number of hydrogen-bond donors (Lipinski definition) is 2. The van der Waals surface area contributed by atoms with Crippen LogP contribution in [0.3, 0.4) is 0 Å². The Hall–Kier alpha value is -3.26. The maximum Gasteiger partial charge on any atom is 0.330 e. The van der Waals surface area contributed by atoms with Gasteiger partial charge in [-0.1, -0.05) is 56.8 Å². The lowest BCUT2D eigenvalue weighted by Crippen LogP contribution is -2.41. The molecule has 33 heavy (non-hydrogen) atoms. The van der Waals surface area contributed by atoms with E-state index >= 15 is 0 Å². The monoisotopic (exact) mass is 472 g/mol. The predicted octanol–water partition coefficient (Wildman–Crippen LogP) is 4.67. The zero-order chi connectivity index (χ0) is 24.0. The number of benzene rings is 1. The first-order valence-electron chi connectivity index (χ1n) is 11.2. The molecule has 8 nitrogen and oxygen atoms in total. The number of rotatable bonds is 10. The molecule has 9 heteroatoms. The van der Waals surface area contributed by atoms with Crippen molar-refractivity contribution in [2.24, 2.45) is 0 Å². The van der Waals surface area contributed by atoms with Gasteiger partial charge in [0.1, 0.15) is 11.6 Å². The molecule has 3 N–H and O–H groups in total. The fraction of sp³-hybridized carbons (Fsp3) is 0.375. The summed E-state index contributed by atoms with van der Waals surface area (Å²) >= 11 is 6.26. The highest BCUT2D eigenvalue weighted by molar-refractivity contribution is 6.33. The fourth-order valence-electron chi connectivity index (χ4n) is 3.60. The van der Waals surface area contributed by atoms with Crippen molar-refractivity contribution < 1.29 is 9.21 Å². The highest BCUT2D eigenvalue weighted by Crippen LogP contribution is 2.30. The summed E-state index contributed by atoms with van der Waals surface area (Å²) in [6.45, 7) is 4.63. The van der Waals surface area contributed by atoms with Gasteiger partial charge in [-0.15, -0.1) is 0 Å². The maximum absolute atomic E-state index is 13.5. The van der Waals surface area contributed by atoms with Crippen LogP contribution in [0, 0.1) is 0 Å². The number of hydrogen-bond acceptors (Lipinski definition) is 5. The van der Waals surface area contributed by atoms with Crippen LogP contribution >= 0.6 is 11.6 Å². The Bertz CT molecular complexity index is 1230. The van der Waals surface area contributed by atoms with Gasteiger partial charge in [0.2, 0.25) is 0 Å². The SMILES string of the molecule is CCCCCN(C(=O)c1ccc(-c2ccccc2Cl)o1)c1c(N)n(CCCC)c(=O)[nH]c1=O. The van der Waals surface area contributed by atoms with Crippen molar-refractivity contribution in [1.82, 2.24) is 9.55 Å². The normalized spacial score (nSPS) is 11.0. The van der Waals surface area contributed by atoms with Crippen LogP contribution < -0.4 is 21.9 Å². The number of nitrogens with zero attached hydrogens (tertiary/aromatic N) is 2. The van der Waals surface area contributed by atoms with Crippen molar-refractivity contribution >= 4 is 29.0 Å². The van der Waals surface area contributed by atoms with Gasteiger partial charge in [0.25, 0.3) is 11.5 Å². The van der Waals surface area contributed by atoms with Crippen molar-refractivity contribution in [3.8, 4) is 11.3 Å². The Morgan fingerprint density at radius 3 is 2.52 bits per heavy atom. The Kier molecular flexibility index (Phi) is 8.16. The summed E-state index contributed by atoms with van der Waals surface area (Å²) in [5.41, 5.74) is 5.59. The van der Waals surface area contributed by atoms with E-state index in [1.54, 1.807) is 30.3 Å². The number of aromatic nitrogens is 2. The van der Waals surface area contributed by atoms with Crippen molar-refractivity contribution in [2.75, 3.05) is 17.2 Å². The molecule has 2 heterocycles. The van der Waals surface area contributed by atoms with Gasteiger partial charge in [-0.2, -0.15) is 0 Å². The molecule has 0 fully saturated rings. The molecule has 3 rings (SSSR count). The van der Waals surface area contributed by atoms with Gasteiger partial charge in [0, 0.05) is 18.7 Å². The molecule has 0 aliphatic rings. The number of anilines is 2. The van der Waals surface area contributed by atoms with Crippen LogP contribution in [0.5, 0.6) is 0 Å². The highest BCUT2D eigenvalue weighted by atomic mass is 35.5. The lowest BCUT2D eigenvalue weighted by Gasteiger charge is -2.23. The second-order valence-electron chi connectivity index (χ2n) is 7.81. The van der Waals surface area contributed by atoms with Gasteiger partial charge in [-0.3, -0.25) is 24.0 Å². The average molecular weight is 473 g/mol. The Balaban J connectivity index is 2.04. The third-order valence-corrected chi connectivity index (χ3v) is 5.74. The molecule has 0 bridgehead atoms. The van der Waals surface area contributed by atoms with E-state index in [-0.39, 0.29) is 23.8 Å². The number of amides is 1. The summed E-state index contributed by atoms with van der Waals surface area (Å²) in [6.07, 6.45) is 4.00. The van der Waals surface area contributed by atoms with Crippen LogP contribution in [-0.2, 0) is 6.54 Å². The van der Waals surface area contributed by atoms with Crippen molar-refractivity contribution in [1.29, 1.82) is 0 Å². The minimum Gasteiger partial charge on any atom is -0.451 e. The van der Waals surface area contributed by atoms with E-state index in [1.807, 2.05) is 19.9 Å². The summed E-state index contributed by atoms with van der Waals surface area (Å²) in [4.78, 5) is 42.2. The largest absolute Gasteiger partial charge is 0.451 e. The molecule has 0 aliphatic carbocycles. The van der Waals surface area contributed by atoms with Crippen LogP contribution in [0.15, 0.2) is 50.4 Å². The first-order chi connectivity index (χ1) is 15.9. The summed E-state index contributed by atoms with van der Waals surface area (Å²) in [6, 6.07) is 10.4. The maximum atomic E-state index is 13.5. The van der Waals surface area contributed by atoms with Crippen LogP contribution in [0.4, 0.5) is 11.5 Å². The highest BCUT2D eigenvalue weighted by Gasteiger charge is 2.27. The number of carbonyl (C=O) groups excluding carboxylic acids is 1. The lowest BCUT2D eigenvalue weighted by atomic mass is 10.2.